The van der Waals surface area contributed by atoms with Crippen molar-refractivity contribution in [1.29, 1.82) is 0 Å². The molecule has 31 heavy (non-hydrogen) atoms. The summed E-state index contributed by atoms with van der Waals surface area (Å²) < 4.78 is 1.92. The van der Waals surface area contributed by atoms with Crippen molar-refractivity contribution in [2.75, 3.05) is 13.1 Å². The zero-order valence-electron chi connectivity index (χ0n) is 19.4. The largest absolute Gasteiger partial charge is 0.322 e. The highest BCUT2D eigenvalue weighted by molar-refractivity contribution is 5.80. The highest BCUT2D eigenvalue weighted by Crippen LogP contribution is 2.33. The Morgan fingerprint density at radius 1 is 1.19 bits per heavy atom. The van der Waals surface area contributed by atoms with Crippen LogP contribution in [-0.2, 0) is 12.0 Å². The number of nitrogens with one attached hydrogen (secondary N) is 1. The summed E-state index contributed by atoms with van der Waals surface area (Å²) in [5, 5.41) is 13.9. The summed E-state index contributed by atoms with van der Waals surface area (Å²) >= 11 is 0. The van der Waals surface area contributed by atoms with E-state index >= 15 is 0 Å². The van der Waals surface area contributed by atoms with Crippen LogP contribution in [0.2, 0.25) is 0 Å². The first-order chi connectivity index (χ1) is 14.8. The van der Waals surface area contributed by atoms with Crippen molar-refractivity contribution < 1.29 is 0 Å². The number of pyridine rings is 1. The van der Waals surface area contributed by atoms with Crippen LogP contribution in [0.5, 0.6) is 0 Å². The number of H-pyrrole nitrogens is 1. The molecular formula is C24H34N6O. The Labute approximate surface area is 183 Å². The number of nitrogens with zero attached hydrogens (tertiary/aromatic N) is 5. The molecule has 1 atom stereocenters. The van der Waals surface area contributed by atoms with E-state index in [2.05, 4.69) is 72.2 Å². The number of fused-ring (bicyclic) bond motifs is 1. The van der Waals surface area contributed by atoms with Crippen LogP contribution in [0.1, 0.15) is 76.9 Å². The molecule has 0 aliphatic carbocycles. The van der Waals surface area contributed by atoms with E-state index in [9.17, 15) is 4.79 Å². The van der Waals surface area contributed by atoms with Crippen LogP contribution in [0.3, 0.4) is 0 Å². The van der Waals surface area contributed by atoms with Crippen molar-refractivity contribution in [2.45, 2.75) is 71.9 Å². The van der Waals surface area contributed by atoms with Crippen LogP contribution in [0.4, 0.5) is 0 Å². The Balaban J connectivity index is 1.89. The van der Waals surface area contributed by atoms with Crippen molar-refractivity contribution in [2.24, 2.45) is 5.92 Å². The van der Waals surface area contributed by atoms with E-state index in [4.69, 9.17) is 0 Å². The molecule has 4 rings (SSSR count). The molecular weight excluding hydrogens is 388 g/mol. The van der Waals surface area contributed by atoms with E-state index in [1.807, 2.05) is 16.8 Å². The van der Waals surface area contributed by atoms with Crippen molar-refractivity contribution in [1.82, 2.24) is 30.1 Å². The van der Waals surface area contributed by atoms with Crippen LogP contribution < -0.4 is 5.56 Å². The molecule has 1 N–H and O–H groups in total. The summed E-state index contributed by atoms with van der Waals surface area (Å²) in [6.07, 6.45) is 4.07. The lowest BCUT2D eigenvalue weighted by molar-refractivity contribution is 0.143. The van der Waals surface area contributed by atoms with Crippen molar-refractivity contribution in [3.63, 3.8) is 0 Å². The van der Waals surface area contributed by atoms with Gasteiger partial charge in [0, 0.05) is 11.1 Å². The molecule has 1 fully saturated rings. The Hall–Kier alpha value is -2.54. The first kappa shape index (κ1) is 21.7. The maximum Gasteiger partial charge on any atom is 0.253 e. The standard InChI is InChI=1S/C24H34N6O/c1-6-17-8-9-20-18(14-17)15-19(23(31)25-20)21(29-12-10-16(3)11-13-29)22-26-27-28-30(22)24(4,5)7-2/h8-9,14-16,21H,6-7,10-13H2,1-5H3,(H,25,31)/t21-/m1/s1. The predicted octanol–water partition coefficient (Wildman–Crippen LogP) is 4.04. The smallest absolute Gasteiger partial charge is 0.253 e. The molecule has 3 heterocycles. The fourth-order valence-corrected chi connectivity index (χ4v) is 4.43. The molecule has 166 valence electrons. The molecule has 1 aromatic carbocycles. The second kappa shape index (κ2) is 8.54. The van der Waals surface area contributed by atoms with Gasteiger partial charge in [0.15, 0.2) is 5.82 Å². The number of benzene rings is 1. The van der Waals surface area contributed by atoms with Gasteiger partial charge in [0.05, 0.1) is 5.54 Å². The van der Waals surface area contributed by atoms with Gasteiger partial charge in [0.1, 0.15) is 6.04 Å². The maximum absolute atomic E-state index is 13.3. The fourth-order valence-electron chi connectivity index (χ4n) is 4.43. The number of likely N-dealkylation sites (tertiary alicyclic amines) is 1. The SMILES string of the molecule is CCc1ccc2[nH]c(=O)c([C@H](c3nnnn3C(C)(C)CC)N3CCC(C)CC3)cc2c1. The Morgan fingerprint density at radius 2 is 1.94 bits per heavy atom. The lowest BCUT2D eigenvalue weighted by atomic mass is 9.94. The molecule has 7 nitrogen and oxygen atoms in total. The summed E-state index contributed by atoms with van der Waals surface area (Å²) in [5.74, 6) is 1.44. The van der Waals surface area contributed by atoms with Gasteiger partial charge in [-0.15, -0.1) is 5.10 Å². The predicted molar refractivity (Wildman–Crippen MR) is 123 cm³/mol. The second-order valence-electron chi connectivity index (χ2n) is 9.56. The number of piperidine rings is 1. The van der Waals surface area contributed by atoms with Gasteiger partial charge in [-0.1, -0.05) is 26.8 Å². The summed E-state index contributed by atoms with van der Waals surface area (Å²) in [6, 6.07) is 8.02. The van der Waals surface area contributed by atoms with Gasteiger partial charge >= 0.3 is 0 Å². The van der Waals surface area contributed by atoms with E-state index in [0.717, 1.165) is 61.1 Å². The third-order valence-corrected chi connectivity index (χ3v) is 7.00. The zero-order chi connectivity index (χ0) is 22.2. The molecule has 0 saturated carbocycles. The normalized spacial score (nSPS) is 17.3. The minimum Gasteiger partial charge on any atom is -0.322 e. The number of tetrazole rings is 1. The highest BCUT2D eigenvalue weighted by atomic mass is 16.1. The van der Waals surface area contributed by atoms with Gasteiger partial charge in [-0.05, 0) is 98.1 Å². The Morgan fingerprint density at radius 3 is 2.61 bits per heavy atom. The number of aromatic nitrogens is 5. The lowest BCUT2D eigenvalue weighted by Crippen LogP contribution is -2.41. The first-order valence-corrected chi connectivity index (χ1v) is 11.5. The molecule has 1 aliphatic heterocycles. The van der Waals surface area contributed by atoms with E-state index in [-0.39, 0.29) is 17.1 Å². The van der Waals surface area contributed by atoms with Crippen molar-refractivity contribution in [3.05, 3.63) is 51.6 Å². The number of aryl methyl sites for hydroxylation is 1. The highest BCUT2D eigenvalue weighted by Gasteiger charge is 2.35. The van der Waals surface area contributed by atoms with Gasteiger partial charge in [-0.3, -0.25) is 9.69 Å². The molecule has 0 bridgehead atoms. The quantitative estimate of drug-likeness (QED) is 0.648. The third-order valence-electron chi connectivity index (χ3n) is 7.00. The third kappa shape index (κ3) is 4.15. The molecule has 1 aliphatic rings. The van der Waals surface area contributed by atoms with Crippen LogP contribution in [0.25, 0.3) is 10.9 Å². The van der Waals surface area contributed by atoms with Gasteiger partial charge in [-0.25, -0.2) is 4.68 Å². The molecule has 1 saturated heterocycles. The van der Waals surface area contributed by atoms with Crippen molar-refractivity contribution >= 4 is 10.9 Å². The van der Waals surface area contributed by atoms with Crippen LogP contribution in [-0.4, -0.2) is 43.2 Å². The maximum atomic E-state index is 13.3. The van der Waals surface area contributed by atoms with E-state index in [0.29, 0.717) is 5.92 Å². The monoisotopic (exact) mass is 422 g/mol. The van der Waals surface area contributed by atoms with Crippen LogP contribution in [0.15, 0.2) is 29.1 Å². The summed E-state index contributed by atoms with van der Waals surface area (Å²) in [4.78, 5) is 18.8. The second-order valence-corrected chi connectivity index (χ2v) is 9.56. The summed E-state index contributed by atoms with van der Waals surface area (Å²) in [5.41, 5.74) is 2.54. The molecule has 7 heteroatoms. The molecule has 0 radical (unpaired) electrons. The summed E-state index contributed by atoms with van der Waals surface area (Å²) in [7, 11) is 0. The minimum atomic E-state index is -0.272. The lowest BCUT2D eigenvalue weighted by Gasteiger charge is -2.37. The van der Waals surface area contributed by atoms with Gasteiger partial charge in [0.25, 0.3) is 5.56 Å². The topological polar surface area (TPSA) is 79.7 Å². The first-order valence-electron chi connectivity index (χ1n) is 11.5. The minimum absolute atomic E-state index is 0.0655. The van der Waals surface area contributed by atoms with Gasteiger partial charge < -0.3 is 4.98 Å². The Bertz CT molecular complexity index is 1110. The molecule has 0 spiro atoms. The number of aromatic amines is 1. The Kier molecular flexibility index (Phi) is 5.97. The number of hydrogen-bond acceptors (Lipinski definition) is 5. The molecule has 0 unspecified atom stereocenters. The zero-order valence-corrected chi connectivity index (χ0v) is 19.4. The fraction of sp³-hybridized carbons (Fsp3) is 0.583. The van der Waals surface area contributed by atoms with E-state index in [1.165, 1.54) is 5.56 Å². The van der Waals surface area contributed by atoms with E-state index in [1.54, 1.807) is 0 Å². The summed E-state index contributed by atoms with van der Waals surface area (Å²) in [6.45, 7) is 12.7. The average molecular weight is 423 g/mol. The van der Waals surface area contributed by atoms with Gasteiger partial charge in [0.2, 0.25) is 0 Å². The van der Waals surface area contributed by atoms with Crippen LogP contribution >= 0.6 is 0 Å². The molecule has 2 aromatic heterocycles. The molecule has 0 amide bonds. The van der Waals surface area contributed by atoms with Crippen molar-refractivity contribution in [3.8, 4) is 0 Å². The van der Waals surface area contributed by atoms with Crippen LogP contribution in [0, 0.1) is 5.92 Å². The molecule has 3 aromatic rings. The number of rotatable bonds is 6. The van der Waals surface area contributed by atoms with Gasteiger partial charge in [-0.2, -0.15) is 0 Å². The average Bonchev–Trinajstić information content (AvgIpc) is 3.25. The van der Waals surface area contributed by atoms with E-state index < -0.39 is 0 Å². The number of hydrogen-bond donors (Lipinski definition) is 1.